The molecule has 2 aromatic heterocycles. The number of hydrogen-bond acceptors (Lipinski definition) is 10. The first-order valence-corrected chi connectivity index (χ1v) is 11.4. The van der Waals surface area contributed by atoms with Crippen LogP contribution in [0.15, 0.2) is 28.7 Å². The molecule has 0 saturated heterocycles. The molecule has 1 spiro atoms. The van der Waals surface area contributed by atoms with Gasteiger partial charge in [-0.2, -0.15) is 8.78 Å². The lowest BCUT2D eigenvalue weighted by atomic mass is 9.96. The van der Waals surface area contributed by atoms with E-state index in [0.29, 0.717) is 17.8 Å². The van der Waals surface area contributed by atoms with Crippen LogP contribution in [0.2, 0.25) is 0 Å². The molecule has 1 fully saturated rings. The van der Waals surface area contributed by atoms with Crippen molar-refractivity contribution in [3.05, 3.63) is 34.4 Å². The highest BCUT2D eigenvalue weighted by Gasteiger charge is 2.70. The Kier molecular flexibility index (Phi) is 5.07. The molecule has 5 N–H and O–H groups in total. The summed E-state index contributed by atoms with van der Waals surface area (Å²) in [4.78, 5) is 25.2. The standard InChI is InChI=1S/C17H20F2N6O4S2/c1-16(17(5-6-17)31(27,28)25(2)15(20)24-16)13-23-11(8-30-13)22-12(26)10-4-3-9(7-21-10)29-14(18)19/h3-4,7-8,14,27-28H,5-6H2,1-2H3,(H2,20,24)(H,22,26)/t16-/m1/s1. The highest BCUT2D eigenvalue weighted by Crippen LogP contribution is 2.76. The highest BCUT2D eigenvalue weighted by atomic mass is 32.3. The second-order valence-corrected chi connectivity index (χ2v) is 10.5. The van der Waals surface area contributed by atoms with E-state index in [-0.39, 0.29) is 23.2 Å². The van der Waals surface area contributed by atoms with Crippen LogP contribution in [0.25, 0.3) is 0 Å². The third-order valence-electron chi connectivity index (χ3n) is 5.51. The molecule has 1 saturated carbocycles. The number of ether oxygens (including phenoxy) is 1. The Morgan fingerprint density at radius 2 is 2.13 bits per heavy atom. The Hall–Kier alpha value is -2.55. The van der Waals surface area contributed by atoms with Gasteiger partial charge < -0.3 is 15.8 Å². The molecule has 1 atom stereocenters. The van der Waals surface area contributed by atoms with Gasteiger partial charge in [0.15, 0.2) is 0 Å². The maximum Gasteiger partial charge on any atom is 0.387 e. The molecule has 3 heterocycles. The van der Waals surface area contributed by atoms with Crippen molar-refractivity contribution >= 4 is 39.8 Å². The number of nitrogens with zero attached hydrogens (tertiary/aromatic N) is 4. The van der Waals surface area contributed by atoms with E-state index >= 15 is 0 Å². The minimum Gasteiger partial charge on any atom is -0.433 e. The van der Waals surface area contributed by atoms with Gasteiger partial charge in [0.2, 0.25) is 5.96 Å². The summed E-state index contributed by atoms with van der Waals surface area (Å²) in [7, 11) is -1.73. The fourth-order valence-electron chi connectivity index (χ4n) is 3.60. The zero-order valence-electron chi connectivity index (χ0n) is 16.5. The maximum atomic E-state index is 12.4. The number of thiazole rings is 1. The number of rotatable bonds is 5. The lowest BCUT2D eigenvalue weighted by Gasteiger charge is -2.55. The lowest BCUT2D eigenvalue weighted by Crippen LogP contribution is -2.55. The largest absolute Gasteiger partial charge is 0.433 e. The van der Waals surface area contributed by atoms with Gasteiger partial charge in [-0.05, 0) is 31.9 Å². The molecule has 0 aromatic carbocycles. The summed E-state index contributed by atoms with van der Waals surface area (Å²) in [5.41, 5.74) is 4.86. The number of alkyl halides is 2. The third kappa shape index (κ3) is 3.39. The predicted octanol–water partition coefficient (Wildman–Crippen LogP) is 3.07. The van der Waals surface area contributed by atoms with Crippen molar-refractivity contribution in [2.45, 2.75) is 36.7 Å². The number of carbonyl (C=O) groups excluding carboxylic acids is 1. The van der Waals surface area contributed by atoms with Gasteiger partial charge in [0.1, 0.15) is 32.6 Å². The molecular weight excluding hydrogens is 454 g/mol. The van der Waals surface area contributed by atoms with E-state index < -0.39 is 33.6 Å². The monoisotopic (exact) mass is 474 g/mol. The second-order valence-electron chi connectivity index (χ2n) is 7.30. The molecule has 4 rings (SSSR count). The molecule has 2 aromatic rings. The summed E-state index contributed by atoms with van der Waals surface area (Å²) < 4.78 is 50.6. The Bertz CT molecular complexity index is 1040. The first-order chi connectivity index (χ1) is 14.5. The van der Waals surface area contributed by atoms with Crippen molar-refractivity contribution in [2.75, 3.05) is 12.4 Å². The zero-order chi connectivity index (χ0) is 22.6. The van der Waals surface area contributed by atoms with Crippen molar-refractivity contribution < 1.29 is 27.4 Å². The minimum absolute atomic E-state index is 0.00360. The number of aromatic nitrogens is 2. The Morgan fingerprint density at radius 1 is 1.42 bits per heavy atom. The Morgan fingerprint density at radius 3 is 2.71 bits per heavy atom. The van der Waals surface area contributed by atoms with Crippen LogP contribution in [-0.2, 0) is 5.54 Å². The summed E-state index contributed by atoms with van der Waals surface area (Å²) in [6.07, 6.45) is 2.11. The predicted molar refractivity (Wildman–Crippen MR) is 112 cm³/mol. The van der Waals surface area contributed by atoms with Crippen LogP contribution in [0, 0.1) is 0 Å². The summed E-state index contributed by atoms with van der Waals surface area (Å²) in [6, 6.07) is 2.46. The number of nitrogens with one attached hydrogen (secondary N) is 1. The number of halogens is 2. The van der Waals surface area contributed by atoms with E-state index in [2.05, 4.69) is 25.0 Å². The van der Waals surface area contributed by atoms with Crippen LogP contribution in [-0.4, -0.2) is 53.7 Å². The van der Waals surface area contributed by atoms with Crippen LogP contribution in [0.5, 0.6) is 5.75 Å². The van der Waals surface area contributed by atoms with Gasteiger partial charge in [-0.15, -0.1) is 22.1 Å². The molecule has 2 aliphatic rings. The Labute approximate surface area is 181 Å². The van der Waals surface area contributed by atoms with Crippen LogP contribution >= 0.6 is 22.1 Å². The smallest absolute Gasteiger partial charge is 0.387 e. The quantitative estimate of drug-likeness (QED) is 0.517. The van der Waals surface area contributed by atoms with Gasteiger partial charge in [0, 0.05) is 12.4 Å². The number of pyridine rings is 1. The SMILES string of the molecule is CN1C(N)=N[C@](C)(c2nc(NC(=O)c3ccc(OC(F)F)cn3)cs2)C2(CC2)S1(O)O. The van der Waals surface area contributed by atoms with Crippen molar-refractivity contribution in [1.29, 1.82) is 0 Å². The summed E-state index contributed by atoms with van der Waals surface area (Å²) >= 11 is 1.21. The van der Waals surface area contributed by atoms with Gasteiger partial charge in [-0.25, -0.2) is 19.3 Å². The van der Waals surface area contributed by atoms with E-state index in [1.54, 1.807) is 12.3 Å². The van der Waals surface area contributed by atoms with Gasteiger partial charge in [0.05, 0.1) is 6.20 Å². The molecule has 0 radical (unpaired) electrons. The lowest BCUT2D eigenvalue weighted by molar-refractivity contribution is -0.0500. The molecule has 10 nitrogen and oxygen atoms in total. The van der Waals surface area contributed by atoms with Gasteiger partial charge >= 0.3 is 6.61 Å². The van der Waals surface area contributed by atoms with E-state index in [1.807, 2.05) is 0 Å². The number of nitrogens with two attached hydrogens (primary N) is 1. The molecule has 14 heteroatoms. The number of guanidine groups is 1. The van der Waals surface area contributed by atoms with Crippen LogP contribution < -0.4 is 15.8 Å². The maximum absolute atomic E-state index is 12.4. The van der Waals surface area contributed by atoms with E-state index in [0.717, 1.165) is 6.20 Å². The van der Waals surface area contributed by atoms with Crippen molar-refractivity contribution in [3.63, 3.8) is 0 Å². The first kappa shape index (κ1) is 21.7. The fraction of sp³-hybridized carbons (Fsp3) is 0.412. The molecule has 0 unspecified atom stereocenters. The Balaban J connectivity index is 1.55. The summed E-state index contributed by atoms with van der Waals surface area (Å²) in [5.74, 6) is -0.540. The van der Waals surface area contributed by atoms with E-state index in [4.69, 9.17) is 5.73 Å². The fourth-order valence-corrected chi connectivity index (χ4v) is 6.77. The third-order valence-corrected chi connectivity index (χ3v) is 9.37. The number of amides is 1. The number of hydrogen-bond donors (Lipinski definition) is 4. The molecule has 1 aliphatic carbocycles. The summed E-state index contributed by atoms with van der Waals surface area (Å²) in [6.45, 7) is -1.23. The minimum atomic E-state index is -3.22. The number of carbonyl (C=O) groups is 1. The van der Waals surface area contributed by atoms with Crippen molar-refractivity contribution in [1.82, 2.24) is 14.3 Å². The van der Waals surface area contributed by atoms with E-state index in [9.17, 15) is 22.7 Å². The second kappa shape index (κ2) is 7.25. The van der Waals surface area contributed by atoms with E-state index in [1.165, 1.54) is 34.8 Å². The van der Waals surface area contributed by atoms with Gasteiger partial charge in [-0.1, -0.05) is 0 Å². The number of anilines is 1. The van der Waals surface area contributed by atoms with Crippen LogP contribution in [0.4, 0.5) is 14.6 Å². The number of aliphatic imine (C=N–C) groups is 1. The molecular formula is C17H20F2N6O4S2. The molecule has 1 aliphatic heterocycles. The summed E-state index contributed by atoms with van der Waals surface area (Å²) in [5, 5.41) is 4.66. The van der Waals surface area contributed by atoms with Crippen molar-refractivity contribution in [3.8, 4) is 5.75 Å². The van der Waals surface area contributed by atoms with Gasteiger partial charge in [-0.3, -0.25) is 13.9 Å². The van der Waals surface area contributed by atoms with Gasteiger partial charge in [0.25, 0.3) is 5.91 Å². The average molecular weight is 475 g/mol. The van der Waals surface area contributed by atoms with Crippen molar-refractivity contribution in [2.24, 2.45) is 10.7 Å². The van der Waals surface area contributed by atoms with Crippen LogP contribution in [0.1, 0.15) is 35.3 Å². The topological polar surface area (TPSA) is 146 Å². The molecule has 1 amide bonds. The normalized spacial score (nSPS) is 24.6. The molecule has 31 heavy (non-hydrogen) atoms. The average Bonchev–Trinajstić information content (AvgIpc) is 3.41. The zero-order valence-corrected chi connectivity index (χ0v) is 18.1. The molecule has 168 valence electrons. The molecule has 0 bridgehead atoms. The van der Waals surface area contributed by atoms with Crippen LogP contribution in [0.3, 0.4) is 0 Å². The highest BCUT2D eigenvalue weighted by molar-refractivity contribution is 8.24. The first-order valence-electron chi connectivity index (χ1n) is 9.05.